The second kappa shape index (κ2) is 8.65. The maximum absolute atomic E-state index is 11.9. The minimum Gasteiger partial charge on any atom is -0.444 e. The van der Waals surface area contributed by atoms with Crippen LogP contribution in [0.4, 0.5) is 9.93 Å². The first-order chi connectivity index (χ1) is 12.0. The summed E-state index contributed by atoms with van der Waals surface area (Å²) in [6.45, 7) is 9.98. The Kier molecular flexibility index (Phi) is 7.01. The van der Waals surface area contributed by atoms with Crippen LogP contribution in [0.5, 0.6) is 0 Å². The average molecular weight is 387 g/mol. The van der Waals surface area contributed by atoms with E-state index in [1.54, 1.807) is 34.6 Å². The second-order valence-corrected chi connectivity index (χ2v) is 8.90. The van der Waals surface area contributed by atoms with Crippen molar-refractivity contribution in [2.24, 2.45) is 0 Å². The average Bonchev–Trinajstić information content (AvgIpc) is 2.89. The fourth-order valence-corrected chi connectivity index (χ4v) is 3.57. The molecule has 1 amide bonds. The number of carbonyl (C=O) groups excluding carboxylic acids is 1. The molecule has 0 bridgehead atoms. The van der Waals surface area contributed by atoms with Crippen molar-refractivity contribution in [3.05, 3.63) is 10.6 Å². The molecule has 0 spiro atoms. The van der Waals surface area contributed by atoms with Crippen molar-refractivity contribution >= 4 is 22.6 Å². The van der Waals surface area contributed by atoms with Crippen LogP contribution >= 0.6 is 11.3 Å². The Labute approximate surface area is 159 Å². The van der Waals surface area contributed by atoms with Crippen LogP contribution in [0.2, 0.25) is 0 Å². The predicted octanol–water partition coefficient (Wildman–Crippen LogP) is 3.80. The van der Waals surface area contributed by atoms with Gasteiger partial charge < -0.3 is 19.3 Å². The summed E-state index contributed by atoms with van der Waals surface area (Å²) >= 11 is 1.25. The highest BCUT2D eigenvalue weighted by Crippen LogP contribution is 2.33. The normalized spacial score (nSPS) is 18.6. The molecule has 26 heavy (non-hydrogen) atoms. The SMILES string of the molecule is CC(C)(C)OC(=O)Nc1nc(CCOC2CCCCO2)c(C(C)(C)O)s1. The standard InChI is InChI=1S/C18H30N2O5S/c1-17(2,3)25-16(21)20-15-19-12(14(26-15)18(4,5)22)9-11-24-13-8-6-7-10-23-13/h13,22H,6-11H2,1-5H3,(H,19,20,21). The Morgan fingerprint density at radius 2 is 2.08 bits per heavy atom. The highest BCUT2D eigenvalue weighted by molar-refractivity contribution is 7.16. The van der Waals surface area contributed by atoms with Crippen molar-refractivity contribution in [3.8, 4) is 0 Å². The van der Waals surface area contributed by atoms with Gasteiger partial charge in [0.05, 0.1) is 22.8 Å². The van der Waals surface area contributed by atoms with E-state index in [2.05, 4.69) is 10.3 Å². The molecule has 2 N–H and O–H groups in total. The van der Waals surface area contributed by atoms with Gasteiger partial charge in [0.2, 0.25) is 0 Å². The van der Waals surface area contributed by atoms with Crippen molar-refractivity contribution < 1.29 is 24.1 Å². The number of hydrogen-bond acceptors (Lipinski definition) is 7. The molecule has 1 aliphatic heterocycles. The first-order valence-electron chi connectivity index (χ1n) is 9.00. The predicted molar refractivity (Wildman–Crippen MR) is 100 cm³/mol. The van der Waals surface area contributed by atoms with E-state index >= 15 is 0 Å². The molecule has 1 aliphatic rings. The third-order valence-corrected chi connectivity index (χ3v) is 4.97. The zero-order valence-electron chi connectivity index (χ0n) is 16.3. The van der Waals surface area contributed by atoms with Gasteiger partial charge in [-0.15, -0.1) is 0 Å². The van der Waals surface area contributed by atoms with Crippen LogP contribution in [-0.2, 0) is 26.2 Å². The van der Waals surface area contributed by atoms with Crippen molar-refractivity contribution in [2.75, 3.05) is 18.5 Å². The Balaban J connectivity index is 1.99. The molecule has 1 aromatic rings. The molecule has 7 nitrogen and oxygen atoms in total. The summed E-state index contributed by atoms with van der Waals surface area (Å²) in [5.74, 6) is 0. The minimum absolute atomic E-state index is 0.160. The minimum atomic E-state index is -1.05. The quantitative estimate of drug-likeness (QED) is 0.773. The molecule has 1 saturated heterocycles. The van der Waals surface area contributed by atoms with E-state index < -0.39 is 17.3 Å². The lowest BCUT2D eigenvalue weighted by atomic mass is 10.1. The molecule has 1 atom stereocenters. The van der Waals surface area contributed by atoms with Crippen molar-refractivity contribution in [3.63, 3.8) is 0 Å². The summed E-state index contributed by atoms with van der Waals surface area (Å²) in [5, 5.41) is 13.5. The lowest BCUT2D eigenvalue weighted by Crippen LogP contribution is -2.27. The molecule has 8 heteroatoms. The first-order valence-corrected chi connectivity index (χ1v) is 9.82. The van der Waals surface area contributed by atoms with E-state index in [0.717, 1.165) is 25.9 Å². The van der Waals surface area contributed by atoms with Crippen LogP contribution in [0.3, 0.4) is 0 Å². The van der Waals surface area contributed by atoms with E-state index in [4.69, 9.17) is 14.2 Å². The molecule has 2 heterocycles. The van der Waals surface area contributed by atoms with E-state index in [-0.39, 0.29) is 6.29 Å². The highest BCUT2D eigenvalue weighted by atomic mass is 32.1. The zero-order chi connectivity index (χ0) is 19.4. The van der Waals surface area contributed by atoms with E-state index in [1.165, 1.54) is 11.3 Å². The van der Waals surface area contributed by atoms with Gasteiger partial charge in [-0.25, -0.2) is 9.78 Å². The smallest absolute Gasteiger partial charge is 0.413 e. The number of thiazole rings is 1. The van der Waals surface area contributed by atoms with Crippen LogP contribution in [0.1, 0.15) is 64.5 Å². The lowest BCUT2D eigenvalue weighted by Gasteiger charge is -2.23. The third kappa shape index (κ3) is 6.83. The molecule has 0 aromatic carbocycles. The number of amides is 1. The Morgan fingerprint density at radius 1 is 1.35 bits per heavy atom. The molecule has 0 aliphatic carbocycles. The number of nitrogens with zero attached hydrogens (tertiary/aromatic N) is 1. The van der Waals surface area contributed by atoms with Gasteiger partial charge in [-0.05, 0) is 53.9 Å². The fourth-order valence-electron chi connectivity index (χ4n) is 2.57. The van der Waals surface area contributed by atoms with Crippen LogP contribution in [0.25, 0.3) is 0 Å². The largest absolute Gasteiger partial charge is 0.444 e. The van der Waals surface area contributed by atoms with Gasteiger partial charge in [0.15, 0.2) is 11.4 Å². The molecule has 1 aromatic heterocycles. The van der Waals surface area contributed by atoms with Crippen molar-refractivity contribution in [1.29, 1.82) is 0 Å². The monoisotopic (exact) mass is 386 g/mol. The Bertz CT molecular complexity index is 598. The fraction of sp³-hybridized carbons (Fsp3) is 0.778. The first kappa shape index (κ1) is 21.1. The summed E-state index contributed by atoms with van der Waals surface area (Å²) < 4.78 is 16.6. The summed E-state index contributed by atoms with van der Waals surface area (Å²) in [5.41, 5.74) is -0.927. The van der Waals surface area contributed by atoms with E-state index in [1.807, 2.05) is 0 Å². The summed E-state index contributed by atoms with van der Waals surface area (Å²) in [7, 11) is 0. The number of carbonyl (C=O) groups is 1. The third-order valence-electron chi connectivity index (χ3n) is 3.64. The molecule has 1 fully saturated rings. The summed E-state index contributed by atoms with van der Waals surface area (Å²) in [6.07, 6.45) is 2.90. The number of aromatic nitrogens is 1. The number of hydrogen-bond donors (Lipinski definition) is 2. The van der Waals surface area contributed by atoms with Crippen molar-refractivity contribution in [2.45, 2.75) is 77.8 Å². The Hall–Kier alpha value is -1.22. The number of nitrogens with one attached hydrogen (secondary N) is 1. The number of aliphatic hydroxyl groups is 1. The van der Waals surface area contributed by atoms with Gasteiger partial charge in [0.25, 0.3) is 0 Å². The van der Waals surface area contributed by atoms with Gasteiger partial charge in [-0.3, -0.25) is 5.32 Å². The summed E-state index contributed by atoms with van der Waals surface area (Å²) in [4.78, 5) is 17.1. The highest BCUT2D eigenvalue weighted by Gasteiger charge is 2.26. The number of ether oxygens (including phenoxy) is 3. The van der Waals surface area contributed by atoms with E-state index in [9.17, 15) is 9.90 Å². The lowest BCUT2D eigenvalue weighted by molar-refractivity contribution is -0.161. The van der Waals surface area contributed by atoms with Crippen LogP contribution < -0.4 is 5.32 Å². The maximum Gasteiger partial charge on any atom is 0.413 e. The van der Waals surface area contributed by atoms with Gasteiger partial charge in [0, 0.05) is 13.0 Å². The van der Waals surface area contributed by atoms with Crippen LogP contribution in [-0.4, -0.2) is 41.3 Å². The second-order valence-electron chi connectivity index (χ2n) is 7.90. The molecule has 0 radical (unpaired) electrons. The molecule has 148 valence electrons. The zero-order valence-corrected chi connectivity index (χ0v) is 17.1. The maximum atomic E-state index is 11.9. The van der Waals surface area contributed by atoms with Crippen molar-refractivity contribution in [1.82, 2.24) is 4.98 Å². The summed E-state index contributed by atoms with van der Waals surface area (Å²) in [6, 6.07) is 0. The molecule has 1 unspecified atom stereocenters. The van der Waals surface area contributed by atoms with Gasteiger partial charge in [0.1, 0.15) is 5.60 Å². The van der Waals surface area contributed by atoms with Gasteiger partial charge in [-0.1, -0.05) is 11.3 Å². The van der Waals surface area contributed by atoms with E-state index in [0.29, 0.717) is 28.7 Å². The Morgan fingerprint density at radius 3 is 2.65 bits per heavy atom. The molecular formula is C18H30N2O5S. The van der Waals surface area contributed by atoms with Gasteiger partial charge >= 0.3 is 6.09 Å². The topological polar surface area (TPSA) is 89.9 Å². The van der Waals surface area contributed by atoms with Crippen LogP contribution in [0, 0.1) is 0 Å². The number of rotatable bonds is 6. The number of anilines is 1. The molecule has 0 saturated carbocycles. The van der Waals surface area contributed by atoms with Crippen LogP contribution in [0.15, 0.2) is 0 Å². The van der Waals surface area contributed by atoms with Gasteiger partial charge in [-0.2, -0.15) is 0 Å². The molecular weight excluding hydrogens is 356 g/mol. The molecule has 2 rings (SSSR count).